The van der Waals surface area contributed by atoms with Gasteiger partial charge in [0.2, 0.25) is 0 Å². The molecule has 0 aromatic rings. The molecular weight excluding hydrogens is 170 g/mol. The minimum absolute atomic E-state index is 0.587. The van der Waals surface area contributed by atoms with Crippen LogP contribution in [0, 0.1) is 17.3 Å². The second-order valence-electron chi connectivity index (χ2n) is 5.74. The third kappa shape index (κ3) is 3.61. The molecule has 1 heteroatoms. The van der Waals surface area contributed by atoms with E-state index in [0.29, 0.717) is 5.41 Å². The van der Waals surface area contributed by atoms with Crippen LogP contribution in [-0.2, 0) is 0 Å². The second kappa shape index (κ2) is 5.16. The van der Waals surface area contributed by atoms with E-state index in [4.69, 9.17) is 0 Å². The second-order valence-corrected chi connectivity index (χ2v) is 5.74. The maximum absolute atomic E-state index is 3.37. The molecule has 0 amide bonds. The SMILES string of the molecule is CNCC(C)(CCCC(C)C)C1CC1. The Bertz CT molecular complexity index is 161. The molecule has 0 spiro atoms. The molecule has 0 aromatic heterocycles. The maximum Gasteiger partial charge on any atom is 0.000481 e. The topological polar surface area (TPSA) is 12.0 Å². The van der Waals surface area contributed by atoms with Gasteiger partial charge in [0, 0.05) is 6.54 Å². The van der Waals surface area contributed by atoms with Crippen molar-refractivity contribution in [1.82, 2.24) is 5.32 Å². The van der Waals surface area contributed by atoms with Crippen LogP contribution in [0.1, 0.15) is 52.9 Å². The van der Waals surface area contributed by atoms with Gasteiger partial charge in [-0.05, 0) is 43.6 Å². The summed E-state index contributed by atoms with van der Waals surface area (Å²) in [5.74, 6) is 1.88. The molecule has 1 N–H and O–H groups in total. The number of hydrogen-bond acceptors (Lipinski definition) is 1. The van der Waals surface area contributed by atoms with Crippen molar-refractivity contribution < 1.29 is 0 Å². The zero-order valence-corrected chi connectivity index (χ0v) is 10.4. The van der Waals surface area contributed by atoms with Gasteiger partial charge in [-0.1, -0.05) is 33.6 Å². The first kappa shape index (κ1) is 12.0. The van der Waals surface area contributed by atoms with Crippen LogP contribution in [0.4, 0.5) is 0 Å². The molecule has 1 aliphatic rings. The van der Waals surface area contributed by atoms with Gasteiger partial charge in [0.1, 0.15) is 0 Å². The van der Waals surface area contributed by atoms with Crippen molar-refractivity contribution >= 4 is 0 Å². The average Bonchev–Trinajstić information content (AvgIpc) is 2.85. The Hall–Kier alpha value is -0.0400. The van der Waals surface area contributed by atoms with Crippen molar-refractivity contribution in [2.24, 2.45) is 17.3 Å². The number of nitrogens with one attached hydrogen (secondary N) is 1. The first-order chi connectivity index (χ1) is 6.58. The molecule has 14 heavy (non-hydrogen) atoms. The van der Waals surface area contributed by atoms with E-state index in [9.17, 15) is 0 Å². The average molecular weight is 197 g/mol. The van der Waals surface area contributed by atoms with Gasteiger partial charge >= 0.3 is 0 Å². The van der Waals surface area contributed by atoms with Gasteiger partial charge in [0.25, 0.3) is 0 Å². The summed E-state index contributed by atoms with van der Waals surface area (Å²) in [6.07, 6.45) is 7.16. The summed E-state index contributed by atoms with van der Waals surface area (Å²) in [5, 5.41) is 3.37. The lowest BCUT2D eigenvalue weighted by Crippen LogP contribution is -2.31. The zero-order chi connectivity index (χ0) is 10.6. The zero-order valence-electron chi connectivity index (χ0n) is 10.4. The predicted octanol–water partition coefficient (Wildman–Crippen LogP) is 3.45. The molecule has 84 valence electrons. The summed E-state index contributed by atoms with van der Waals surface area (Å²) in [4.78, 5) is 0. The lowest BCUT2D eigenvalue weighted by Gasteiger charge is -2.30. The molecule has 1 aliphatic carbocycles. The highest BCUT2D eigenvalue weighted by molar-refractivity contribution is 4.92. The summed E-state index contributed by atoms with van der Waals surface area (Å²) in [6.45, 7) is 8.33. The third-order valence-corrected chi connectivity index (χ3v) is 3.67. The lowest BCUT2D eigenvalue weighted by atomic mass is 9.79. The molecule has 1 nitrogen and oxygen atoms in total. The highest BCUT2D eigenvalue weighted by atomic mass is 14.8. The minimum Gasteiger partial charge on any atom is -0.319 e. The molecule has 1 atom stereocenters. The Kier molecular flexibility index (Phi) is 4.43. The fourth-order valence-corrected chi connectivity index (χ4v) is 2.54. The molecule has 0 radical (unpaired) electrons. The Morgan fingerprint density at radius 2 is 2.00 bits per heavy atom. The maximum atomic E-state index is 3.37. The van der Waals surface area contributed by atoms with E-state index in [0.717, 1.165) is 11.8 Å². The highest BCUT2D eigenvalue weighted by Gasteiger charge is 2.40. The van der Waals surface area contributed by atoms with E-state index in [1.165, 1.54) is 38.6 Å². The summed E-state index contributed by atoms with van der Waals surface area (Å²) in [7, 11) is 2.09. The summed E-state index contributed by atoms with van der Waals surface area (Å²) in [6, 6.07) is 0. The monoisotopic (exact) mass is 197 g/mol. The van der Waals surface area contributed by atoms with Gasteiger partial charge < -0.3 is 5.32 Å². The normalized spacial score (nSPS) is 21.2. The van der Waals surface area contributed by atoms with E-state index >= 15 is 0 Å². The van der Waals surface area contributed by atoms with E-state index < -0.39 is 0 Å². The van der Waals surface area contributed by atoms with E-state index in [1.807, 2.05) is 0 Å². The lowest BCUT2D eigenvalue weighted by molar-refractivity contribution is 0.230. The first-order valence-electron chi connectivity index (χ1n) is 6.23. The van der Waals surface area contributed by atoms with Crippen molar-refractivity contribution in [1.29, 1.82) is 0 Å². The van der Waals surface area contributed by atoms with Crippen LogP contribution in [0.25, 0.3) is 0 Å². The van der Waals surface area contributed by atoms with Gasteiger partial charge in [-0.2, -0.15) is 0 Å². The van der Waals surface area contributed by atoms with Crippen molar-refractivity contribution in [3.63, 3.8) is 0 Å². The molecule has 0 heterocycles. The van der Waals surface area contributed by atoms with Crippen molar-refractivity contribution in [3.05, 3.63) is 0 Å². The third-order valence-electron chi connectivity index (χ3n) is 3.67. The van der Waals surface area contributed by atoms with E-state index in [-0.39, 0.29) is 0 Å². The van der Waals surface area contributed by atoms with Gasteiger partial charge in [-0.3, -0.25) is 0 Å². The van der Waals surface area contributed by atoms with Crippen LogP contribution < -0.4 is 5.32 Å². The van der Waals surface area contributed by atoms with Gasteiger partial charge in [0.15, 0.2) is 0 Å². The largest absolute Gasteiger partial charge is 0.319 e. The molecule has 0 aliphatic heterocycles. The summed E-state index contributed by atoms with van der Waals surface area (Å²) < 4.78 is 0. The summed E-state index contributed by atoms with van der Waals surface area (Å²) >= 11 is 0. The smallest absolute Gasteiger partial charge is 0.000481 e. The molecule has 1 saturated carbocycles. The fourth-order valence-electron chi connectivity index (χ4n) is 2.54. The van der Waals surface area contributed by atoms with Crippen LogP contribution in [0.5, 0.6) is 0 Å². The molecule has 0 bridgehead atoms. The van der Waals surface area contributed by atoms with Gasteiger partial charge in [-0.15, -0.1) is 0 Å². The van der Waals surface area contributed by atoms with Crippen LogP contribution in [0.15, 0.2) is 0 Å². The molecular formula is C13H27N. The van der Waals surface area contributed by atoms with Gasteiger partial charge in [-0.25, -0.2) is 0 Å². The Labute approximate surface area is 89.7 Å². The van der Waals surface area contributed by atoms with Crippen LogP contribution in [0.3, 0.4) is 0 Å². The van der Waals surface area contributed by atoms with Crippen LogP contribution in [-0.4, -0.2) is 13.6 Å². The van der Waals surface area contributed by atoms with Crippen LogP contribution in [0.2, 0.25) is 0 Å². The van der Waals surface area contributed by atoms with Crippen molar-refractivity contribution in [2.75, 3.05) is 13.6 Å². The Morgan fingerprint density at radius 3 is 2.43 bits per heavy atom. The van der Waals surface area contributed by atoms with Gasteiger partial charge in [0.05, 0.1) is 0 Å². The van der Waals surface area contributed by atoms with E-state index in [2.05, 4.69) is 33.1 Å². The Balaban J connectivity index is 2.27. The fraction of sp³-hybridized carbons (Fsp3) is 1.00. The molecule has 0 aromatic carbocycles. The first-order valence-corrected chi connectivity index (χ1v) is 6.23. The summed E-state index contributed by atoms with van der Waals surface area (Å²) in [5.41, 5.74) is 0.587. The Morgan fingerprint density at radius 1 is 1.36 bits per heavy atom. The number of hydrogen-bond donors (Lipinski definition) is 1. The van der Waals surface area contributed by atoms with Crippen LogP contribution >= 0.6 is 0 Å². The molecule has 1 rings (SSSR count). The molecule has 1 fully saturated rings. The standard InChI is InChI=1S/C13H27N/c1-11(2)6-5-9-13(3,10-14-4)12-7-8-12/h11-12,14H,5-10H2,1-4H3. The van der Waals surface area contributed by atoms with E-state index in [1.54, 1.807) is 0 Å². The predicted molar refractivity (Wildman–Crippen MR) is 63.4 cm³/mol. The van der Waals surface area contributed by atoms with Crippen molar-refractivity contribution in [3.8, 4) is 0 Å². The minimum atomic E-state index is 0.587. The number of rotatable bonds is 7. The highest BCUT2D eigenvalue weighted by Crippen LogP contribution is 2.48. The quantitative estimate of drug-likeness (QED) is 0.659. The molecule has 0 saturated heterocycles. The van der Waals surface area contributed by atoms with Crippen molar-refractivity contribution in [2.45, 2.75) is 52.9 Å². The molecule has 1 unspecified atom stereocenters.